The van der Waals surface area contributed by atoms with Gasteiger partial charge in [0.15, 0.2) is 19.0 Å². The van der Waals surface area contributed by atoms with Crippen molar-refractivity contribution in [1.82, 2.24) is 10.2 Å². The van der Waals surface area contributed by atoms with Crippen LogP contribution in [0.1, 0.15) is 35.2 Å². The fourth-order valence-corrected chi connectivity index (χ4v) is 4.52. The van der Waals surface area contributed by atoms with Crippen molar-refractivity contribution in [2.45, 2.75) is 26.2 Å². The highest BCUT2D eigenvalue weighted by Gasteiger charge is 2.28. The van der Waals surface area contributed by atoms with Crippen molar-refractivity contribution < 1.29 is 23.9 Å². The number of benzene rings is 2. The van der Waals surface area contributed by atoms with Gasteiger partial charge in [0.25, 0.3) is 5.91 Å². The van der Waals surface area contributed by atoms with E-state index >= 15 is 0 Å². The Hall–Kier alpha value is -3.10. The topological polar surface area (TPSA) is 88.2 Å². The Morgan fingerprint density at radius 3 is 2.69 bits per heavy atom. The first-order valence-electron chi connectivity index (χ1n) is 11.9. The van der Waals surface area contributed by atoms with Gasteiger partial charge in [-0.15, -0.1) is 0 Å². The number of carbonyl (C=O) groups is 3. The quantitative estimate of drug-likeness (QED) is 0.533. The van der Waals surface area contributed by atoms with Crippen LogP contribution in [0.4, 0.5) is 5.69 Å². The largest absolute Gasteiger partial charge is 0.484 e. The standard InChI is InChI=1S/C26H30ClN3O5/c1-18-5-7-23(20(27)13-18)34-16-22(31)19-6-8-24-21(14-19)30(26(33)17-35-24)15-25(32)28-9-12-29-10-3-2-4-11-29/h5-8,13-14H,2-4,9-12,15-17H2,1H3,(H,28,32). The molecule has 9 heteroatoms. The van der Waals surface area contributed by atoms with Gasteiger partial charge < -0.3 is 19.7 Å². The predicted molar refractivity (Wildman–Crippen MR) is 134 cm³/mol. The summed E-state index contributed by atoms with van der Waals surface area (Å²) in [7, 11) is 0. The molecule has 2 aliphatic heterocycles. The fraction of sp³-hybridized carbons (Fsp3) is 0.423. The van der Waals surface area contributed by atoms with Gasteiger partial charge >= 0.3 is 0 Å². The first kappa shape index (κ1) is 25.0. The van der Waals surface area contributed by atoms with Crippen LogP contribution < -0.4 is 19.7 Å². The zero-order valence-corrected chi connectivity index (χ0v) is 20.6. The maximum Gasteiger partial charge on any atom is 0.265 e. The minimum atomic E-state index is -0.337. The molecule has 2 amide bonds. The first-order chi connectivity index (χ1) is 16.9. The number of nitrogens with one attached hydrogen (secondary N) is 1. The van der Waals surface area contributed by atoms with Gasteiger partial charge in [0.2, 0.25) is 5.91 Å². The normalized spacial score (nSPS) is 15.8. The summed E-state index contributed by atoms with van der Waals surface area (Å²) in [6.45, 7) is 4.85. The van der Waals surface area contributed by atoms with Gasteiger partial charge in [0.05, 0.1) is 10.7 Å². The molecule has 0 atom stereocenters. The van der Waals surface area contributed by atoms with Crippen LogP contribution in [0.15, 0.2) is 36.4 Å². The molecule has 1 fully saturated rings. The third-order valence-electron chi connectivity index (χ3n) is 6.17. The third kappa shape index (κ3) is 6.52. The summed E-state index contributed by atoms with van der Waals surface area (Å²) < 4.78 is 11.1. The highest BCUT2D eigenvalue weighted by molar-refractivity contribution is 6.32. The van der Waals surface area contributed by atoms with E-state index in [1.54, 1.807) is 30.3 Å². The van der Waals surface area contributed by atoms with Crippen molar-refractivity contribution in [3.05, 3.63) is 52.5 Å². The number of amides is 2. The lowest BCUT2D eigenvalue weighted by molar-refractivity contribution is -0.125. The second kappa shape index (κ2) is 11.6. The third-order valence-corrected chi connectivity index (χ3v) is 6.47. The Bertz CT molecular complexity index is 1100. The number of nitrogens with zero attached hydrogens (tertiary/aromatic N) is 2. The molecule has 0 bridgehead atoms. The molecule has 2 aliphatic rings. The van der Waals surface area contributed by atoms with E-state index in [2.05, 4.69) is 10.2 Å². The first-order valence-corrected chi connectivity index (χ1v) is 12.3. The summed E-state index contributed by atoms with van der Waals surface area (Å²) in [6, 6.07) is 10.1. The van der Waals surface area contributed by atoms with Crippen LogP contribution in [-0.2, 0) is 9.59 Å². The molecule has 2 aromatic rings. The number of anilines is 1. The molecule has 8 nitrogen and oxygen atoms in total. The second-order valence-electron chi connectivity index (χ2n) is 8.85. The van der Waals surface area contributed by atoms with Gasteiger partial charge in [-0.25, -0.2) is 0 Å². The average molecular weight is 500 g/mol. The molecule has 1 saturated heterocycles. The average Bonchev–Trinajstić information content (AvgIpc) is 2.85. The lowest BCUT2D eigenvalue weighted by Gasteiger charge is -2.29. The van der Waals surface area contributed by atoms with Crippen molar-refractivity contribution in [3.63, 3.8) is 0 Å². The van der Waals surface area contributed by atoms with Gasteiger partial charge in [0.1, 0.15) is 18.0 Å². The number of hydrogen-bond acceptors (Lipinski definition) is 6. The number of Topliss-reactive ketones (excluding diaryl/α,β-unsaturated/α-hetero) is 1. The van der Waals surface area contributed by atoms with E-state index in [1.807, 2.05) is 13.0 Å². The zero-order chi connectivity index (χ0) is 24.8. The predicted octanol–water partition coefficient (Wildman–Crippen LogP) is 3.24. The summed E-state index contributed by atoms with van der Waals surface area (Å²) in [5.74, 6) is -0.00338. The van der Waals surface area contributed by atoms with E-state index in [9.17, 15) is 14.4 Å². The number of likely N-dealkylation sites (tertiary alicyclic amines) is 1. The van der Waals surface area contributed by atoms with Crippen LogP contribution in [-0.4, -0.2) is 68.4 Å². The molecule has 186 valence electrons. The Morgan fingerprint density at radius 1 is 1.11 bits per heavy atom. The highest BCUT2D eigenvalue weighted by atomic mass is 35.5. The number of fused-ring (bicyclic) bond motifs is 1. The van der Waals surface area contributed by atoms with Crippen molar-refractivity contribution in [3.8, 4) is 11.5 Å². The minimum Gasteiger partial charge on any atom is -0.484 e. The summed E-state index contributed by atoms with van der Waals surface area (Å²) in [6.07, 6.45) is 3.64. The number of ether oxygens (including phenoxy) is 2. The maximum atomic E-state index is 12.8. The van der Waals surface area contributed by atoms with E-state index in [4.69, 9.17) is 21.1 Å². The number of piperidine rings is 1. The number of ketones is 1. The van der Waals surface area contributed by atoms with E-state index in [0.717, 1.165) is 25.2 Å². The molecule has 0 aromatic heterocycles. The summed E-state index contributed by atoms with van der Waals surface area (Å²) in [4.78, 5) is 41.6. The van der Waals surface area contributed by atoms with Gasteiger partial charge in [-0.05, 0) is 68.8 Å². The van der Waals surface area contributed by atoms with Crippen LogP contribution in [0, 0.1) is 6.92 Å². The number of halogens is 1. The molecular weight excluding hydrogens is 470 g/mol. The Morgan fingerprint density at radius 2 is 1.91 bits per heavy atom. The molecule has 0 radical (unpaired) electrons. The highest BCUT2D eigenvalue weighted by Crippen LogP contribution is 2.33. The molecule has 0 spiro atoms. The van der Waals surface area contributed by atoms with E-state index in [-0.39, 0.29) is 37.4 Å². The molecule has 0 unspecified atom stereocenters. The molecule has 0 aliphatic carbocycles. The zero-order valence-electron chi connectivity index (χ0n) is 19.8. The van der Waals surface area contributed by atoms with Crippen LogP contribution >= 0.6 is 11.6 Å². The molecule has 4 rings (SSSR count). The van der Waals surface area contributed by atoms with Gasteiger partial charge in [-0.2, -0.15) is 0 Å². The number of rotatable bonds is 9. The number of hydrogen-bond donors (Lipinski definition) is 1. The van der Waals surface area contributed by atoms with Crippen LogP contribution in [0.3, 0.4) is 0 Å². The maximum absolute atomic E-state index is 12.8. The molecule has 1 N–H and O–H groups in total. The lowest BCUT2D eigenvalue weighted by atomic mass is 10.1. The van der Waals surface area contributed by atoms with Crippen molar-refractivity contribution in [2.24, 2.45) is 0 Å². The van der Waals surface area contributed by atoms with Crippen LogP contribution in [0.5, 0.6) is 11.5 Å². The smallest absolute Gasteiger partial charge is 0.265 e. The fourth-order valence-electron chi connectivity index (χ4n) is 4.23. The summed E-state index contributed by atoms with van der Waals surface area (Å²) in [5.41, 5.74) is 1.73. The van der Waals surface area contributed by atoms with E-state index in [1.165, 1.54) is 24.2 Å². The molecule has 35 heavy (non-hydrogen) atoms. The summed E-state index contributed by atoms with van der Waals surface area (Å²) >= 11 is 6.18. The van der Waals surface area contributed by atoms with E-state index in [0.29, 0.717) is 34.3 Å². The van der Waals surface area contributed by atoms with Crippen molar-refractivity contribution in [2.75, 3.05) is 50.8 Å². The van der Waals surface area contributed by atoms with Gasteiger partial charge in [0, 0.05) is 18.7 Å². The molecule has 2 heterocycles. The lowest BCUT2D eigenvalue weighted by Crippen LogP contribution is -2.46. The van der Waals surface area contributed by atoms with E-state index < -0.39 is 0 Å². The number of aryl methyl sites for hydroxylation is 1. The van der Waals surface area contributed by atoms with Gasteiger partial charge in [-0.1, -0.05) is 24.1 Å². The Balaban J connectivity index is 1.38. The summed E-state index contributed by atoms with van der Waals surface area (Å²) in [5, 5.41) is 3.33. The van der Waals surface area contributed by atoms with Gasteiger partial charge in [-0.3, -0.25) is 19.3 Å². The number of carbonyl (C=O) groups excluding carboxylic acids is 3. The molecule has 0 saturated carbocycles. The molecular formula is C26H30ClN3O5. The monoisotopic (exact) mass is 499 g/mol. The Kier molecular flexibility index (Phi) is 8.25. The van der Waals surface area contributed by atoms with Crippen LogP contribution in [0.2, 0.25) is 5.02 Å². The minimum absolute atomic E-state index is 0.137. The second-order valence-corrected chi connectivity index (χ2v) is 9.26. The van der Waals surface area contributed by atoms with Crippen molar-refractivity contribution >= 4 is 34.9 Å². The SMILES string of the molecule is Cc1ccc(OCC(=O)c2ccc3c(c2)N(CC(=O)NCCN2CCCCC2)C(=O)CO3)c(Cl)c1. The van der Waals surface area contributed by atoms with Crippen LogP contribution in [0.25, 0.3) is 0 Å². The molecule has 2 aromatic carbocycles. The van der Waals surface area contributed by atoms with Crippen molar-refractivity contribution in [1.29, 1.82) is 0 Å². The Labute approximate surface area is 210 Å².